The summed E-state index contributed by atoms with van der Waals surface area (Å²) in [5.41, 5.74) is 8.08. The van der Waals surface area contributed by atoms with Crippen molar-refractivity contribution in [2.24, 2.45) is 5.73 Å². The zero-order valence-electron chi connectivity index (χ0n) is 22.4. The van der Waals surface area contributed by atoms with Crippen LogP contribution in [-0.2, 0) is 16.0 Å². The van der Waals surface area contributed by atoms with Gasteiger partial charge in [-0.25, -0.2) is 0 Å². The quantitative estimate of drug-likeness (QED) is 0.251. The van der Waals surface area contributed by atoms with Crippen LogP contribution in [0.3, 0.4) is 0 Å². The van der Waals surface area contributed by atoms with Gasteiger partial charge in [-0.05, 0) is 50.4 Å². The van der Waals surface area contributed by atoms with Gasteiger partial charge >= 0.3 is 0 Å². The van der Waals surface area contributed by atoms with Gasteiger partial charge in [-0.15, -0.1) is 10.2 Å². The molecule has 5 N–H and O–H groups in total. The molecule has 0 aliphatic rings. The van der Waals surface area contributed by atoms with Gasteiger partial charge < -0.3 is 26.2 Å². The Kier molecular flexibility index (Phi) is 14.1. The first-order valence-electron chi connectivity index (χ1n) is 12.7. The first kappa shape index (κ1) is 32.6. The molecule has 1 heterocycles. The molecule has 1 aromatic heterocycles. The number of anilines is 1. The molecule has 0 radical (unpaired) electrons. The van der Waals surface area contributed by atoms with Crippen molar-refractivity contribution in [3.8, 4) is 0 Å². The smallest absolute Gasteiger partial charge is 0.248 e. The monoisotopic (exact) mass is 524 g/mol. The maximum atomic E-state index is 13.3. The summed E-state index contributed by atoms with van der Waals surface area (Å²) in [6.45, 7) is 9.90. The molecule has 0 aliphatic carbocycles. The Bertz CT molecular complexity index is 1040. The molecule has 208 valence electrons. The molecular formula is C29H46N7O2+. The molecule has 2 rings (SSSR count). The van der Waals surface area contributed by atoms with Gasteiger partial charge in [-0.1, -0.05) is 57.0 Å². The number of aryl methyl sites for hydroxylation is 1. The SMILES string of the molecule is C.C=Cc1cc(NC(=O)[C@@H](CCc2ccccc2)NC(=O)C(CCC[N+](C)(C)CCN)NC)nnc1C=C. The molecule has 38 heavy (non-hydrogen) atoms. The summed E-state index contributed by atoms with van der Waals surface area (Å²) >= 11 is 0. The first-order valence-corrected chi connectivity index (χ1v) is 12.7. The summed E-state index contributed by atoms with van der Waals surface area (Å²) in [6.07, 6.45) is 5.77. The number of benzene rings is 1. The number of nitrogens with two attached hydrogens (primary N) is 1. The van der Waals surface area contributed by atoms with Gasteiger partial charge in [-0.3, -0.25) is 9.59 Å². The molecular weight excluding hydrogens is 478 g/mol. The standard InChI is InChI=1S/C28H41N7O2.CH4/c1-6-22-20-26(34-33-23(22)7-2)32-28(37)25(16-15-21-12-9-8-10-13-21)31-27(36)24(30-3)14-11-18-35(4,5)19-17-29;/h6-10,12-13,20,24-25,30H,1-2,11,14-19,29H2,3-5H3,(H-,31,32,34,36,37);1H4/p+1/t24?,25-;/m1./s1. The van der Waals surface area contributed by atoms with E-state index in [-0.39, 0.29) is 25.1 Å². The van der Waals surface area contributed by atoms with Gasteiger partial charge in [0.25, 0.3) is 0 Å². The van der Waals surface area contributed by atoms with Crippen LogP contribution < -0.4 is 21.7 Å². The highest BCUT2D eigenvalue weighted by atomic mass is 16.2. The normalized spacial score (nSPS) is 12.5. The number of rotatable bonds is 16. The Morgan fingerprint density at radius 3 is 2.34 bits per heavy atom. The van der Waals surface area contributed by atoms with Gasteiger partial charge in [-0.2, -0.15) is 0 Å². The predicted octanol–water partition coefficient (Wildman–Crippen LogP) is 2.86. The van der Waals surface area contributed by atoms with E-state index in [1.165, 1.54) is 0 Å². The van der Waals surface area contributed by atoms with E-state index in [0.29, 0.717) is 37.1 Å². The Labute approximate surface area is 228 Å². The Morgan fingerprint density at radius 2 is 1.74 bits per heavy atom. The number of nitrogens with one attached hydrogen (secondary N) is 3. The minimum atomic E-state index is -0.749. The second kappa shape index (κ2) is 16.4. The summed E-state index contributed by atoms with van der Waals surface area (Å²) in [7, 11) is 6.03. The van der Waals surface area contributed by atoms with Crippen molar-refractivity contribution in [3.05, 3.63) is 66.4 Å². The van der Waals surface area contributed by atoms with Crippen molar-refractivity contribution >= 4 is 29.8 Å². The molecule has 1 unspecified atom stereocenters. The molecule has 0 spiro atoms. The summed E-state index contributed by atoms with van der Waals surface area (Å²) in [5, 5.41) is 17.0. The summed E-state index contributed by atoms with van der Waals surface area (Å²) in [5.74, 6) is -0.273. The number of carbonyl (C=O) groups is 2. The van der Waals surface area contributed by atoms with Gasteiger partial charge in [0.05, 0.1) is 38.9 Å². The van der Waals surface area contributed by atoms with Crippen molar-refractivity contribution < 1.29 is 14.1 Å². The lowest BCUT2D eigenvalue weighted by Gasteiger charge is -2.30. The summed E-state index contributed by atoms with van der Waals surface area (Å²) in [6, 6.07) is 10.4. The molecule has 2 atom stereocenters. The van der Waals surface area contributed by atoms with Crippen molar-refractivity contribution in [2.75, 3.05) is 46.1 Å². The van der Waals surface area contributed by atoms with Crippen molar-refractivity contribution in [3.63, 3.8) is 0 Å². The lowest BCUT2D eigenvalue weighted by atomic mass is 10.0. The van der Waals surface area contributed by atoms with E-state index in [2.05, 4.69) is 53.4 Å². The lowest BCUT2D eigenvalue weighted by Crippen LogP contribution is -2.51. The first-order chi connectivity index (χ1) is 17.7. The van der Waals surface area contributed by atoms with Gasteiger partial charge in [0, 0.05) is 12.1 Å². The zero-order chi connectivity index (χ0) is 27.3. The summed E-state index contributed by atoms with van der Waals surface area (Å²) < 4.78 is 0.801. The van der Waals surface area contributed by atoms with E-state index in [0.717, 1.165) is 29.6 Å². The van der Waals surface area contributed by atoms with E-state index in [1.807, 2.05) is 30.3 Å². The fraction of sp³-hybridized carbons (Fsp3) is 0.448. The van der Waals surface area contributed by atoms with Crippen LogP contribution in [-0.4, -0.2) is 79.4 Å². The van der Waals surface area contributed by atoms with E-state index in [1.54, 1.807) is 25.3 Å². The number of quaternary nitrogens is 1. The molecule has 0 saturated heterocycles. The van der Waals surface area contributed by atoms with Crippen LogP contribution in [0.15, 0.2) is 49.6 Å². The highest BCUT2D eigenvalue weighted by Crippen LogP contribution is 2.14. The number of carbonyl (C=O) groups excluding carboxylic acids is 2. The Balaban J connectivity index is 0.00000722. The number of hydrogen-bond donors (Lipinski definition) is 4. The average molecular weight is 525 g/mol. The molecule has 0 fully saturated rings. The second-order valence-electron chi connectivity index (χ2n) is 9.71. The molecule has 0 saturated carbocycles. The van der Waals surface area contributed by atoms with E-state index < -0.39 is 12.1 Å². The van der Waals surface area contributed by atoms with Crippen LogP contribution in [0.25, 0.3) is 12.2 Å². The van der Waals surface area contributed by atoms with Crippen LogP contribution in [0, 0.1) is 0 Å². The topological polar surface area (TPSA) is 122 Å². The van der Waals surface area contributed by atoms with Crippen LogP contribution in [0.4, 0.5) is 5.82 Å². The van der Waals surface area contributed by atoms with E-state index >= 15 is 0 Å². The van der Waals surface area contributed by atoms with Gasteiger partial charge in [0.15, 0.2) is 5.82 Å². The van der Waals surface area contributed by atoms with Crippen molar-refractivity contribution in [1.82, 2.24) is 20.8 Å². The molecule has 0 aliphatic heterocycles. The Morgan fingerprint density at radius 1 is 1.03 bits per heavy atom. The number of likely N-dealkylation sites (N-methyl/N-ethyl adjacent to an activating group) is 2. The van der Waals surface area contributed by atoms with E-state index in [9.17, 15) is 9.59 Å². The minimum absolute atomic E-state index is 0. The molecule has 9 nitrogen and oxygen atoms in total. The molecule has 2 aromatic rings. The maximum absolute atomic E-state index is 13.3. The highest BCUT2D eigenvalue weighted by Gasteiger charge is 2.26. The zero-order valence-corrected chi connectivity index (χ0v) is 22.4. The minimum Gasteiger partial charge on any atom is -0.343 e. The average Bonchev–Trinajstić information content (AvgIpc) is 2.89. The largest absolute Gasteiger partial charge is 0.343 e. The maximum Gasteiger partial charge on any atom is 0.248 e. The molecule has 1 aromatic carbocycles. The van der Waals surface area contributed by atoms with Crippen LogP contribution >= 0.6 is 0 Å². The van der Waals surface area contributed by atoms with Crippen LogP contribution in [0.5, 0.6) is 0 Å². The van der Waals surface area contributed by atoms with Crippen LogP contribution in [0.2, 0.25) is 0 Å². The van der Waals surface area contributed by atoms with Crippen molar-refractivity contribution in [2.45, 2.75) is 45.2 Å². The number of aromatic nitrogens is 2. The molecule has 9 heteroatoms. The lowest BCUT2D eigenvalue weighted by molar-refractivity contribution is -0.889. The summed E-state index contributed by atoms with van der Waals surface area (Å²) in [4.78, 5) is 26.5. The van der Waals surface area contributed by atoms with E-state index in [4.69, 9.17) is 5.73 Å². The van der Waals surface area contributed by atoms with Crippen LogP contribution in [0.1, 0.15) is 43.5 Å². The third-order valence-electron chi connectivity index (χ3n) is 6.37. The highest BCUT2D eigenvalue weighted by molar-refractivity contribution is 5.97. The molecule has 0 bridgehead atoms. The third kappa shape index (κ3) is 10.5. The second-order valence-corrected chi connectivity index (χ2v) is 9.71. The Hall–Kier alpha value is -3.40. The van der Waals surface area contributed by atoms with Gasteiger partial charge in [0.1, 0.15) is 6.04 Å². The molecule has 2 amide bonds. The fourth-order valence-corrected chi connectivity index (χ4v) is 4.10. The number of nitrogens with zero attached hydrogens (tertiary/aromatic N) is 3. The van der Waals surface area contributed by atoms with Crippen molar-refractivity contribution in [1.29, 1.82) is 0 Å². The third-order valence-corrected chi connectivity index (χ3v) is 6.37. The predicted molar refractivity (Wildman–Crippen MR) is 157 cm³/mol. The number of hydrogen-bond acceptors (Lipinski definition) is 6. The fourth-order valence-electron chi connectivity index (χ4n) is 4.10. The number of amides is 2. The van der Waals surface area contributed by atoms with Gasteiger partial charge in [0.2, 0.25) is 11.8 Å².